The molecule has 0 atom stereocenters. The van der Waals surface area contributed by atoms with E-state index in [1.165, 1.54) is 29.2 Å². The van der Waals surface area contributed by atoms with Gasteiger partial charge in [-0.1, -0.05) is 30.0 Å². The summed E-state index contributed by atoms with van der Waals surface area (Å²) in [5, 5.41) is 34.4. The predicted octanol–water partition coefficient (Wildman–Crippen LogP) is 5.39. The zero-order valence-electron chi connectivity index (χ0n) is 19.7. The Hall–Kier alpha value is -4.16. The molecule has 8 nitrogen and oxygen atoms in total. The van der Waals surface area contributed by atoms with Crippen LogP contribution in [0.5, 0.6) is 5.75 Å². The number of rotatable bonds is 9. The molecule has 0 bridgehead atoms. The van der Waals surface area contributed by atoms with Crippen LogP contribution in [0.15, 0.2) is 52.9 Å². The zero-order valence-corrected chi connectivity index (χ0v) is 21.3. The van der Waals surface area contributed by atoms with E-state index in [-0.39, 0.29) is 36.0 Å². The fraction of sp³-hybridized carbons (Fsp3) is 0.154. The number of aryl methyl sites for hydroxylation is 1. The first-order valence-corrected chi connectivity index (χ1v) is 12.9. The molecule has 2 heterocycles. The Bertz CT molecular complexity index is 1510. The number of nitrogen functional groups attached to an aromatic ring is 1. The molecule has 0 fully saturated rings. The third kappa shape index (κ3) is 5.98. The number of nitriles is 2. The monoisotopic (exact) mass is 532 g/mol. The van der Waals surface area contributed by atoms with E-state index in [4.69, 9.17) is 15.6 Å². The fourth-order valence-corrected chi connectivity index (χ4v) is 5.21. The normalized spacial score (nSPS) is 10.5. The summed E-state index contributed by atoms with van der Waals surface area (Å²) in [5.41, 5.74) is 9.44. The SMILES string of the molecule is Cc1ccc(F)c(Nc2nc(CSc3nc(N)c(C#N)c(-c4ccc(OCCO)cc4)c3C#N)cs2)c1. The van der Waals surface area contributed by atoms with Gasteiger partial charge in [-0.25, -0.2) is 14.4 Å². The Morgan fingerprint density at radius 3 is 2.59 bits per heavy atom. The summed E-state index contributed by atoms with van der Waals surface area (Å²) in [6.07, 6.45) is 0. The molecule has 0 aliphatic rings. The summed E-state index contributed by atoms with van der Waals surface area (Å²) in [5.74, 6) is 0.586. The van der Waals surface area contributed by atoms with Crippen molar-refractivity contribution >= 4 is 39.7 Å². The van der Waals surface area contributed by atoms with Gasteiger partial charge in [0, 0.05) is 16.7 Å². The van der Waals surface area contributed by atoms with Crippen LogP contribution in [-0.2, 0) is 5.75 Å². The molecule has 11 heteroatoms. The molecular weight excluding hydrogens is 511 g/mol. The molecule has 0 unspecified atom stereocenters. The van der Waals surface area contributed by atoms with Gasteiger partial charge in [-0.15, -0.1) is 11.3 Å². The minimum absolute atomic E-state index is 0.0233. The molecule has 0 radical (unpaired) electrons. The second-order valence-corrected chi connectivity index (χ2v) is 9.61. The molecule has 4 N–H and O–H groups in total. The van der Waals surface area contributed by atoms with Gasteiger partial charge in [0.05, 0.1) is 23.6 Å². The van der Waals surface area contributed by atoms with Crippen LogP contribution in [-0.4, -0.2) is 28.3 Å². The Morgan fingerprint density at radius 2 is 1.89 bits per heavy atom. The molecule has 37 heavy (non-hydrogen) atoms. The number of pyridine rings is 1. The van der Waals surface area contributed by atoms with E-state index in [2.05, 4.69) is 27.4 Å². The van der Waals surface area contributed by atoms with Crippen LogP contribution in [0.25, 0.3) is 11.1 Å². The Morgan fingerprint density at radius 1 is 1.14 bits per heavy atom. The lowest BCUT2D eigenvalue weighted by molar-refractivity contribution is 0.201. The predicted molar refractivity (Wildman–Crippen MR) is 142 cm³/mol. The van der Waals surface area contributed by atoms with Crippen LogP contribution in [0.1, 0.15) is 22.4 Å². The zero-order chi connectivity index (χ0) is 26.4. The molecule has 0 saturated heterocycles. The second kappa shape index (κ2) is 11.7. The Kier molecular flexibility index (Phi) is 8.21. The number of aliphatic hydroxyl groups excluding tert-OH is 1. The van der Waals surface area contributed by atoms with Crippen molar-refractivity contribution < 1.29 is 14.2 Å². The largest absolute Gasteiger partial charge is 0.491 e. The number of ether oxygens (including phenoxy) is 1. The van der Waals surface area contributed by atoms with Crippen LogP contribution in [0.3, 0.4) is 0 Å². The summed E-state index contributed by atoms with van der Waals surface area (Å²) < 4.78 is 19.5. The van der Waals surface area contributed by atoms with E-state index in [0.29, 0.717) is 44.2 Å². The summed E-state index contributed by atoms with van der Waals surface area (Å²) in [6, 6.07) is 15.9. The summed E-state index contributed by atoms with van der Waals surface area (Å²) in [6.45, 7) is 1.92. The highest BCUT2D eigenvalue weighted by Gasteiger charge is 2.21. The summed E-state index contributed by atoms with van der Waals surface area (Å²) in [4.78, 5) is 8.84. The summed E-state index contributed by atoms with van der Waals surface area (Å²) in [7, 11) is 0. The van der Waals surface area contributed by atoms with Crippen molar-refractivity contribution in [3.63, 3.8) is 0 Å². The van der Waals surface area contributed by atoms with Crippen molar-refractivity contribution in [2.75, 3.05) is 24.3 Å². The number of nitrogens with zero attached hydrogens (tertiary/aromatic N) is 4. The van der Waals surface area contributed by atoms with Gasteiger partial charge in [0.2, 0.25) is 0 Å². The van der Waals surface area contributed by atoms with Crippen LogP contribution in [0, 0.1) is 35.4 Å². The van der Waals surface area contributed by atoms with Crippen molar-refractivity contribution in [2.24, 2.45) is 0 Å². The van der Waals surface area contributed by atoms with Gasteiger partial charge in [-0.2, -0.15) is 10.5 Å². The maximum absolute atomic E-state index is 14.1. The number of benzene rings is 2. The van der Waals surface area contributed by atoms with Gasteiger partial charge < -0.3 is 20.9 Å². The maximum Gasteiger partial charge on any atom is 0.187 e. The molecule has 4 aromatic rings. The van der Waals surface area contributed by atoms with Gasteiger partial charge in [-0.3, -0.25) is 0 Å². The van der Waals surface area contributed by atoms with Crippen LogP contribution < -0.4 is 15.8 Å². The molecule has 0 aliphatic carbocycles. The average molecular weight is 533 g/mol. The molecule has 0 amide bonds. The lowest BCUT2D eigenvalue weighted by atomic mass is 9.97. The third-order valence-corrected chi connectivity index (χ3v) is 7.01. The highest BCUT2D eigenvalue weighted by atomic mass is 32.2. The van der Waals surface area contributed by atoms with Gasteiger partial charge in [-0.05, 0) is 42.3 Å². The van der Waals surface area contributed by atoms with E-state index in [9.17, 15) is 14.9 Å². The van der Waals surface area contributed by atoms with E-state index in [1.54, 1.807) is 36.4 Å². The van der Waals surface area contributed by atoms with Crippen LogP contribution >= 0.6 is 23.1 Å². The quantitative estimate of drug-likeness (QED) is 0.242. The van der Waals surface area contributed by atoms with Crippen LogP contribution in [0.4, 0.5) is 21.0 Å². The molecular formula is C26H21FN6O2S2. The molecule has 0 spiro atoms. The standard InChI is InChI=1S/C26H21FN6O2S2/c1-15-2-7-21(27)22(10-15)32-26-31-17(14-37-26)13-36-25-20(12-29)23(19(11-28)24(30)33-25)16-3-5-18(6-4-16)35-9-8-34/h2-7,10,14,34H,8-9,13H2,1H3,(H2,30,33)(H,31,32). The number of thioether (sulfide) groups is 1. The van der Waals surface area contributed by atoms with Gasteiger partial charge in [0.1, 0.15) is 46.7 Å². The van der Waals surface area contributed by atoms with E-state index in [1.807, 2.05) is 12.3 Å². The number of hydrogen-bond acceptors (Lipinski definition) is 10. The van der Waals surface area contributed by atoms with Crippen molar-refractivity contribution in [1.29, 1.82) is 10.5 Å². The number of aliphatic hydroxyl groups is 1. The third-order valence-electron chi connectivity index (χ3n) is 5.19. The molecule has 2 aromatic carbocycles. The lowest BCUT2D eigenvalue weighted by Gasteiger charge is -2.13. The van der Waals surface area contributed by atoms with E-state index in [0.717, 1.165) is 5.56 Å². The molecule has 2 aromatic heterocycles. The summed E-state index contributed by atoms with van der Waals surface area (Å²) >= 11 is 2.61. The number of thiazole rings is 1. The molecule has 186 valence electrons. The van der Waals surface area contributed by atoms with Gasteiger partial charge in [0.25, 0.3) is 0 Å². The number of aromatic nitrogens is 2. The number of nitrogens with one attached hydrogen (secondary N) is 1. The second-order valence-electron chi connectivity index (χ2n) is 7.79. The first-order valence-electron chi connectivity index (χ1n) is 11.0. The number of nitrogens with two attached hydrogens (primary N) is 1. The van der Waals surface area contributed by atoms with Crippen molar-refractivity contribution in [3.05, 3.63) is 76.0 Å². The first-order chi connectivity index (χ1) is 17.9. The number of halogens is 1. The first kappa shape index (κ1) is 25.9. The Balaban J connectivity index is 1.58. The molecule has 0 saturated carbocycles. The topological polar surface area (TPSA) is 141 Å². The minimum Gasteiger partial charge on any atom is -0.491 e. The minimum atomic E-state index is -0.367. The lowest BCUT2D eigenvalue weighted by Crippen LogP contribution is -2.04. The van der Waals surface area contributed by atoms with Crippen molar-refractivity contribution in [2.45, 2.75) is 17.7 Å². The average Bonchev–Trinajstić information content (AvgIpc) is 3.35. The van der Waals surface area contributed by atoms with Gasteiger partial charge >= 0.3 is 0 Å². The van der Waals surface area contributed by atoms with Crippen molar-refractivity contribution in [1.82, 2.24) is 9.97 Å². The number of hydrogen-bond donors (Lipinski definition) is 3. The number of anilines is 3. The maximum atomic E-state index is 14.1. The smallest absolute Gasteiger partial charge is 0.187 e. The fourth-order valence-electron chi connectivity index (χ4n) is 3.50. The highest BCUT2D eigenvalue weighted by Crippen LogP contribution is 2.37. The van der Waals surface area contributed by atoms with Gasteiger partial charge in [0.15, 0.2) is 5.13 Å². The Labute approximate surface area is 221 Å². The van der Waals surface area contributed by atoms with E-state index < -0.39 is 0 Å². The molecule has 4 rings (SSSR count). The van der Waals surface area contributed by atoms with Crippen molar-refractivity contribution in [3.8, 4) is 29.0 Å². The molecule has 0 aliphatic heterocycles. The van der Waals surface area contributed by atoms with Crippen LogP contribution in [0.2, 0.25) is 0 Å². The highest BCUT2D eigenvalue weighted by molar-refractivity contribution is 7.98. The van der Waals surface area contributed by atoms with E-state index >= 15 is 0 Å².